The maximum Gasteiger partial charge on any atom is 0.313 e. The molecule has 0 unspecified atom stereocenters. The largest absolute Gasteiger partial charge is 0.516 e. The van der Waals surface area contributed by atoms with Gasteiger partial charge in [0, 0.05) is 0 Å². The third kappa shape index (κ3) is 5.21. The van der Waals surface area contributed by atoms with Crippen LogP contribution >= 0.6 is 0 Å². The summed E-state index contributed by atoms with van der Waals surface area (Å²) in [5.41, 5.74) is 0. The number of aliphatic hydroxyl groups is 1. The van der Waals surface area contributed by atoms with Crippen LogP contribution in [0.15, 0.2) is 25.7 Å². The molecule has 11 heavy (non-hydrogen) atoms. The first-order valence-electron chi connectivity index (χ1n) is 3.32. The lowest BCUT2D eigenvalue weighted by Gasteiger charge is -1.90. The van der Waals surface area contributed by atoms with Crippen molar-refractivity contribution in [1.82, 2.24) is 0 Å². The Kier molecular flexibility index (Phi) is 4.90. The molecule has 0 amide bonds. The predicted octanol–water partition coefficient (Wildman–Crippen LogP) is 1.77. The molecule has 1 aliphatic carbocycles. The van der Waals surface area contributed by atoms with Gasteiger partial charge < -0.3 is 9.84 Å². The van der Waals surface area contributed by atoms with E-state index in [0.717, 1.165) is 19.1 Å². The molecule has 0 aromatic rings. The third-order valence-corrected chi connectivity index (χ3v) is 1.11. The Bertz CT molecular complexity index is 147. The average Bonchev–Trinajstić information content (AvgIpc) is 2.70. The van der Waals surface area contributed by atoms with E-state index in [2.05, 4.69) is 17.9 Å². The van der Waals surface area contributed by atoms with E-state index in [1.54, 1.807) is 0 Å². The highest BCUT2D eigenvalue weighted by atomic mass is 16.5. The number of esters is 1. The van der Waals surface area contributed by atoms with Gasteiger partial charge in [0.25, 0.3) is 0 Å². The number of carbonyl (C=O) groups is 1. The van der Waals surface area contributed by atoms with E-state index >= 15 is 0 Å². The molecular formula is C8H12O3. The van der Waals surface area contributed by atoms with Gasteiger partial charge >= 0.3 is 5.97 Å². The van der Waals surface area contributed by atoms with Gasteiger partial charge in [-0.15, -0.1) is 0 Å². The Morgan fingerprint density at radius 1 is 1.55 bits per heavy atom. The highest BCUT2D eigenvalue weighted by Crippen LogP contribution is 2.29. The van der Waals surface area contributed by atoms with Gasteiger partial charge in [-0.2, -0.15) is 0 Å². The van der Waals surface area contributed by atoms with Gasteiger partial charge in [0.2, 0.25) is 0 Å². The standard InChI is InChI=1S/C6H8O2.C2H4O/c1-2-8-6(7)5-3-4-5;1-2-3/h2,5H,1,3-4H2;2-3H,1H2. The van der Waals surface area contributed by atoms with Crippen LogP contribution in [0.4, 0.5) is 0 Å². The Hall–Kier alpha value is -1.25. The summed E-state index contributed by atoms with van der Waals surface area (Å²) in [6.07, 6.45) is 3.92. The lowest BCUT2D eigenvalue weighted by Crippen LogP contribution is -2.00. The molecule has 1 N–H and O–H groups in total. The van der Waals surface area contributed by atoms with E-state index in [1.807, 2.05) is 0 Å². The molecule has 1 saturated carbocycles. The van der Waals surface area contributed by atoms with Crippen molar-refractivity contribution in [2.75, 3.05) is 0 Å². The van der Waals surface area contributed by atoms with Crippen molar-refractivity contribution in [3.8, 4) is 0 Å². The topological polar surface area (TPSA) is 46.5 Å². The zero-order valence-electron chi connectivity index (χ0n) is 6.32. The van der Waals surface area contributed by atoms with Crippen LogP contribution in [-0.2, 0) is 9.53 Å². The van der Waals surface area contributed by atoms with E-state index < -0.39 is 0 Å². The van der Waals surface area contributed by atoms with Gasteiger partial charge in [-0.3, -0.25) is 4.79 Å². The summed E-state index contributed by atoms with van der Waals surface area (Å²) in [7, 11) is 0. The zero-order chi connectivity index (χ0) is 8.69. The maximum absolute atomic E-state index is 10.5. The van der Waals surface area contributed by atoms with Gasteiger partial charge in [-0.1, -0.05) is 13.2 Å². The Morgan fingerprint density at radius 2 is 2.00 bits per heavy atom. The summed E-state index contributed by atoms with van der Waals surface area (Å²) in [6.45, 7) is 6.18. The molecule has 1 aliphatic rings. The van der Waals surface area contributed by atoms with Crippen LogP contribution in [0, 0.1) is 5.92 Å². The minimum Gasteiger partial charge on any atom is -0.516 e. The van der Waals surface area contributed by atoms with E-state index in [0.29, 0.717) is 0 Å². The van der Waals surface area contributed by atoms with Gasteiger partial charge in [0.05, 0.1) is 18.4 Å². The maximum atomic E-state index is 10.5. The molecule has 1 rings (SSSR count). The highest BCUT2D eigenvalue weighted by Gasteiger charge is 2.30. The normalized spacial score (nSPS) is 13.8. The molecule has 0 aromatic carbocycles. The number of hydrogen-bond acceptors (Lipinski definition) is 3. The second-order valence-electron chi connectivity index (χ2n) is 2.06. The van der Waals surface area contributed by atoms with Crippen molar-refractivity contribution < 1.29 is 14.6 Å². The summed E-state index contributed by atoms with van der Waals surface area (Å²) < 4.78 is 4.49. The SMILES string of the molecule is C=CO.C=COC(=O)C1CC1. The van der Waals surface area contributed by atoms with Gasteiger partial charge in [0.1, 0.15) is 0 Å². The summed E-state index contributed by atoms with van der Waals surface area (Å²) in [5, 5.41) is 7.33. The van der Waals surface area contributed by atoms with Gasteiger partial charge in [0.15, 0.2) is 0 Å². The fourth-order valence-electron chi connectivity index (χ4n) is 0.497. The van der Waals surface area contributed by atoms with Crippen molar-refractivity contribution in [3.05, 3.63) is 25.7 Å². The lowest BCUT2D eigenvalue weighted by molar-refractivity contribution is -0.139. The van der Waals surface area contributed by atoms with Crippen molar-refractivity contribution >= 4 is 5.97 Å². The fourth-order valence-corrected chi connectivity index (χ4v) is 0.497. The summed E-state index contributed by atoms with van der Waals surface area (Å²) in [6, 6.07) is 0. The molecule has 3 nitrogen and oxygen atoms in total. The summed E-state index contributed by atoms with van der Waals surface area (Å²) in [4.78, 5) is 10.5. The Balaban J connectivity index is 0.000000292. The molecule has 0 aromatic heterocycles. The molecule has 1 fully saturated rings. The summed E-state index contributed by atoms with van der Waals surface area (Å²) in [5.74, 6) is 0.0630. The second kappa shape index (κ2) is 5.53. The quantitative estimate of drug-likeness (QED) is 0.489. The predicted molar refractivity (Wildman–Crippen MR) is 41.8 cm³/mol. The Morgan fingerprint density at radius 3 is 2.27 bits per heavy atom. The van der Waals surface area contributed by atoms with Crippen LogP contribution in [0.1, 0.15) is 12.8 Å². The fraction of sp³-hybridized carbons (Fsp3) is 0.375. The van der Waals surface area contributed by atoms with Crippen LogP contribution in [0.2, 0.25) is 0 Å². The number of aliphatic hydroxyl groups excluding tert-OH is 1. The number of carbonyl (C=O) groups excluding carboxylic acids is 1. The van der Waals surface area contributed by atoms with Crippen molar-refractivity contribution in [1.29, 1.82) is 0 Å². The molecule has 0 bridgehead atoms. The molecule has 0 spiro atoms. The van der Waals surface area contributed by atoms with Crippen LogP contribution in [0.3, 0.4) is 0 Å². The van der Waals surface area contributed by atoms with Gasteiger partial charge in [-0.05, 0) is 12.8 Å². The first kappa shape index (κ1) is 9.75. The number of ether oxygens (including phenoxy) is 1. The minimum atomic E-state index is -0.125. The molecular weight excluding hydrogens is 144 g/mol. The lowest BCUT2D eigenvalue weighted by atomic mass is 10.4. The molecule has 0 aliphatic heterocycles. The van der Waals surface area contributed by atoms with Gasteiger partial charge in [-0.25, -0.2) is 0 Å². The van der Waals surface area contributed by atoms with Crippen molar-refractivity contribution in [3.63, 3.8) is 0 Å². The van der Waals surface area contributed by atoms with Crippen molar-refractivity contribution in [2.45, 2.75) is 12.8 Å². The zero-order valence-corrected chi connectivity index (χ0v) is 6.32. The van der Waals surface area contributed by atoms with Crippen LogP contribution in [-0.4, -0.2) is 11.1 Å². The average molecular weight is 156 g/mol. The highest BCUT2D eigenvalue weighted by molar-refractivity contribution is 5.75. The molecule has 0 heterocycles. The van der Waals surface area contributed by atoms with E-state index in [-0.39, 0.29) is 11.9 Å². The van der Waals surface area contributed by atoms with Crippen molar-refractivity contribution in [2.24, 2.45) is 5.92 Å². The van der Waals surface area contributed by atoms with E-state index in [1.165, 1.54) is 6.26 Å². The molecule has 0 atom stereocenters. The number of hydrogen-bond donors (Lipinski definition) is 1. The molecule has 62 valence electrons. The minimum absolute atomic E-state index is 0.125. The molecule has 0 saturated heterocycles. The van der Waals surface area contributed by atoms with E-state index in [4.69, 9.17) is 5.11 Å². The summed E-state index contributed by atoms with van der Waals surface area (Å²) >= 11 is 0. The van der Waals surface area contributed by atoms with Crippen LogP contribution in [0.25, 0.3) is 0 Å². The first-order valence-corrected chi connectivity index (χ1v) is 3.32. The second-order valence-corrected chi connectivity index (χ2v) is 2.06. The molecule has 3 heteroatoms. The molecule has 0 radical (unpaired) electrons. The van der Waals surface area contributed by atoms with E-state index in [9.17, 15) is 4.79 Å². The van der Waals surface area contributed by atoms with Crippen LogP contribution < -0.4 is 0 Å². The Labute approximate surface area is 66.0 Å². The number of rotatable bonds is 2. The monoisotopic (exact) mass is 156 g/mol. The smallest absolute Gasteiger partial charge is 0.313 e. The first-order chi connectivity index (χ1) is 5.26. The third-order valence-electron chi connectivity index (χ3n) is 1.11. The van der Waals surface area contributed by atoms with Crippen LogP contribution in [0.5, 0.6) is 0 Å².